The van der Waals surface area contributed by atoms with Crippen molar-refractivity contribution in [3.05, 3.63) is 100 Å². The molecule has 5 rings (SSSR count). The number of nitrogens with zero attached hydrogens (tertiary/aromatic N) is 4. The zero-order valence-electron chi connectivity index (χ0n) is 18.6. The van der Waals surface area contributed by atoms with E-state index in [1.165, 1.54) is 4.40 Å². The van der Waals surface area contributed by atoms with Gasteiger partial charge in [-0.15, -0.1) is 9.38 Å². The molecule has 0 unspecified atom stereocenters. The maximum Gasteiger partial charge on any atom is 0.428 e. The first-order valence-corrected chi connectivity index (χ1v) is 10.9. The van der Waals surface area contributed by atoms with Gasteiger partial charge in [0.2, 0.25) is 5.65 Å². The number of aromatic amines is 1. The number of fused-ring (bicyclic) bond motifs is 1. The van der Waals surface area contributed by atoms with Crippen molar-refractivity contribution >= 4 is 11.6 Å². The molecular weight excluding hydrogens is 412 g/mol. The number of aryl methyl sites for hydroxylation is 4. The highest BCUT2D eigenvalue weighted by Crippen LogP contribution is 2.33. The first-order chi connectivity index (χ1) is 16.0. The Balaban J connectivity index is 1.75. The maximum atomic E-state index is 13.3. The summed E-state index contributed by atoms with van der Waals surface area (Å²) in [4.78, 5) is 22.5. The molecule has 3 N–H and O–H groups in total. The smallest absolute Gasteiger partial charge is 0.319 e. The van der Waals surface area contributed by atoms with Gasteiger partial charge in [-0.05, 0) is 37.1 Å². The molecule has 0 saturated carbocycles. The summed E-state index contributed by atoms with van der Waals surface area (Å²) < 4.78 is 3.05. The minimum absolute atomic E-state index is 0.148. The molecule has 0 spiro atoms. The lowest BCUT2D eigenvalue weighted by Crippen LogP contribution is -2.44. The summed E-state index contributed by atoms with van der Waals surface area (Å²) in [6.45, 7) is 4.42. The van der Waals surface area contributed by atoms with Crippen LogP contribution in [0.2, 0.25) is 0 Å². The van der Waals surface area contributed by atoms with Gasteiger partial charge in [-0.1, -0.05) is 60.7 Å². The van der Waals surface area contributed by atoms with E-state index in [0.717, 1.165) is 45.8 Å². The van der Waals surface area contributed by atoms with Crippen molar-refractivity contribution in [2.24, 2.45) is 0 Å². The van der Waals surface area contributed by atoms with E-state index in [1.54, 1.807) is 4.68 Å². The lowest BCUT2D eigenvalue weighted by molar-refractivity contribution is -0.516. The summed E-state index contributed by atoms with van der Waals surface area (Å²) in [6, 6.07) is 24.0. The molecule has 33 heavy (non-hydrogen) atoms. The van der Waals surface area contributed by atoms with Crippen LogP contribution in [0.4, 0.5) is 5.95 Å². The number of aromatic nitrogens is 5. The molecule has 164 valence electrons. The highest BCUT2D eigenvalue weighted by atomic mass is 16.2. The molecule has 0 bridgehead atoms. The van der Waals surface area contributed by atoms with E-state index in [4.69, 9.17) is 5.73 Å². The van der Waals surface area contributed by atoms with Gasteiger partial charge in [-0.25, -0.2) is 9.89 Å². The molecule has 5 aromatic rings. The van der Waals surface area contributed by atoms with Crippen molar-refractivity contribution in [3.63, 3.8) is 0 Å². The van der Waals surface area contributed by atoms with Crippen LogP contribution in [0.15, 0.2) is 77.6 Å². The zero-order chi connectivity index (χ0) is 22.9. The molecule has 0 aliphatic heterocycles. The highest BCUT2D eigenvalue weighted by molar-refractivity contribution is 5.88. The molecule has 7 heteroatoms. The summed E-state index contributed by atoms with van der Waals surface area (Å²) in [6.07, 6.45) is 0.718. The Morgan fingerprint density at radius 1 is 0.909 bits per heavy atom. The van der Waals surface area contributed by atoms with Gasteiger partial charge in [0, 0.05) is 23.4 Å². The molecule has 0 aliphatic carbocycles. The third kappa shape index (κ3) is 3.89. The number of rotatable bonds is 5. The van der Waals surface area contributed by atoms with E-state index in [9.17, 15) is 4.79 Å². The Bertz CT molecular complexity index is 1480. The van der Waals surface area contributed by atoms with Crippen LogP contribution in [0, 0.1) is 13.8 Å². The average molecular weight is 438 g/mol. The minimum Gasteiger partial charge on any atom is -0.319 e. The number of nitrogens with one attached hydrogen (secondary N) is 1. The summed E-state index contributed by atoms with van der Waals surface area (Å²) in [5.74, 6) is 0.148. The minimum atomic E-state index is -0.241. The van der Waals surface area contributed by atoms with Crippen molar-refractivity contribution in [2.45, 2.75) is 26.8 Å². The Kier molecular flexibility index (Phi) is 5.22. The van der Waals surface area contributed by atoms with Gasteiger partial charge in [-0.3, -0.25) is 4.98 Å². The van der Waals surface area contributed by atoms with Crippen LogP contribution < -0.4 is 15.8 Å². The SMILES string of the molecule is Cc1cc(-c2c(-c3ccccc3)nc(N)[n+]3c(=O)n(CCc4ccccc4)[nH]c23)cc(C)n1. The second kappa shape index (κ2) is 8.35. The van der Waals surface area contributed by atoms with E-state index < -0.39 is 0 Å². The lowest BCUT2D eigenvalue weighted by atomic mass is 9.99. The summed E-state index contributed by atoms with van der Waals surface area (Å²) in [5, 5.41) is 3.32. The predicted octanol–water partition coefficient (Wildman–Crippen LogP) is 3.48. The van der Waals surface area contributed by atoms with Gasteiger partial charge in [-0.2, -0.15) is 4.68 Å². The van der Waals surface area contributed by atoms with Gasteiger partial charge < -0.3 is 5.73 Å². The van der Waals surface area contributed by atoms with Gasteiger partial charge in [0.1, 0.15) is 5.69 Å². The van der Waals surface area contributed by atoms with E-state index in [2.05, 4.69) is 27.2 Å². The van der Waals surface area contributed by atoms with Gasteiger partial charge in [0.05, 0.1) is 12.1 Å². The number of H-pyrrole nitrogens is 1. The van der Waals surface area contributed by atoms with Crippen LogP contribution in [-0.4, -0.2) is 19.7 Å². The Morgan fingerprint density at radius 3 is 2.21 bits per heavy atom. The van der Waals surface area contributed by atoms with Crippen LogP contribution in [0.25, 0.3) is 28.0 Å². The van der Waals surface area contributed by atoms with E-state index in [0.29, 0.717) is 12.2 Å². The van der Waals surface area contributed by atoms with Gasteiger partial charge in [0.25, 0.3) is 0 Å². The van der Waals surface area contributed by atoms with Crippen LogP contribution >= 0.6 is 0 Å². The standard InChI is InChI=1S/C26H24N6O/c1-17-15-21(16-18(2)28-17)22-23(20-11-7-4-8-12-20)29-25(27)32-24(22)30-31(26(32)33)14-13-19-9-5-3-6-10-19/h3-12,15-16H,13-14H2,1-2H3,(H2,27,28,29,30)/p+1. The van der Waals surface area contributed by atoms with Gasteiger partial charge >= 0.3 is 11.6 Å². The molecular formula is C26H25N6O+. The molecule has 0 amide bonds. The van der Waals surface area contributed by atoms with Crippen LogP contribution in [0.1, 0.15) is 17.0 Å². The summed E-state index contributed by atoms with van der Waals surface area (Å²) in [7, 11) is 0. The summed E-state index contributed by atoms with van der Waals surface area (Å²) >= 11 is 0. The third-order valence-corrected chi connectivity index (χ3v) is 5.70. The fourth-order valence-electron chi connectivity index (χ4n) is 4.25. The molecule has 7 nitrogen and oxygen atoms in total. The fraction of sp³-hybridized carbons (Fsp3) is 0.154. The maximum absolute atomic E-state index is 13.3. The molecule has 0 fully saturated rings. The van der Waals surface area contributed by atoms with E-state index in [1.807, 2.05) is 74.5 Å². The molecule has 3 heterocycles. The molecule has 2 aromatic carbocycles. The van der Waals surface area contributed by atoms with Crippen molar-refractivity contribution in [1.82, 2.24) is 19.7 Å². The predicted molar refractivity (Wildman–Crippen MR) is 129 cm³/mol. The first-order valence-electron chi connectivity index (χ1n) is 10.9. The number of hydrogen-bond donors (Lipinski definition) is 2. The number of anilines is 1. The number of nitrogen functional groups attached to an aromatic ring is 1. The summed E-state index contributed by atoms with van der Waals surface area (Å²) in [5.41, 5.74) is 13.0. The number of benzene rings is 2. The van der Waals surface area contributed by atoms with Gasteiger partial charge in [0.15, 0.2) is 0 Å². The highest BCUT2D eigenvalue weighted by Gasteiger charge is 2.26. The Hall–Kier alpha value is -4.26. The zero-order valence-corrected chi connectivity index (χ0v) is 18.6. The van der Waals surface area contributed by atoms with Crippen molar-refractivity contribution < 1.29 is 4.40 Å². The molecule has 0 atom stereocenters. The molecule has 0 aliphatic rings. The average Bonchev–Trinajstić information content (AvgIpc) is 3.14. The number of pyridine rings is 1. The van der Waals surface area contributed by atoms with E-state index >= 15 is 0 Å². The van der Waals surface area contributed by atoms with Crippen LogP contribution in [0.3, 0.4) is 0 Å². The Labute approximate surface area is 191 Å². The largest absolute Gasteiger partial charge is 0.428 e. The normalized spacial score (nSPS) is 11.2. The molecule has 3 aromatic heterocycles. The quantitative estimate of drug-likeness (QED) is 0.412. The number of hydrogen-bond acceptors (Lipinski definition) is 4. The monoisotopic (exact) mass is 437 g/mol. The fourth-order valence-corrected chi connectivity index (χ4v) is 4.25. The topological polar surface area (TPSA) is 93.7 Å². The van der Waals surface area contributed by atoms with Crippen LogP contribution in [0.5, 0.6) is 0 Å². The third-order valence-electron chi connectivity index (χ3n) is 5.70. The Morgan fingerprint density at radius 2 is 1.55 bits per heavy atom. The molecule has 0 saturated heterocycles. The second-order valence-electron chi connectivity index (χ2n) is 8.16. The van der Waals surface area contributed by atoms with Crippen molar-refractivity contribution in [1.29, 1.82) is 0 Å². The first kappa shape index (κ1) is 20.6. The second-order valence-corrected chi connectivity index (χ2v) is 8.16. The molecule has 0 radical (unpaired) electrons. The number of nitrogens with two attached hydrogens (primary N) is 1. The van der Waals surface area contributed by atoms with Crippen molar-refractivity contribution in [2.75, 3.05) is 5.73 Å². The van der Waals surface area contributed by atoms with E-state index in [-0.39, 0.29) is 11.6 Å². The van der Waals surface area contributed by atoms with Crippen LogP contribution in [-0.2, 0) is 13.0 Å². The lowest BCUT2D eigenvalue weighted by Gasteiger charge is -2.10. The van der Waals surface area contributed by atoms with Crippen molar-refractivity contribution in [3.8, 4) is 22.4 Å².